The second kappa shape index (κ2) is 8.72. The first-order chi connectivity index (χ1) is 13.9. The Labute approximate surface area is 168 Å². The zero-order valence-electron chi connectivity index (χ0n) is 16.1. The smallest absolute Gasteiger partial charge is 0.308 e. The number of hydrogen-bond donors (Lipinski definition) is 2. The summed E-state index contributed by atoms with van der Waals surface area (Å²) >= 11 is 0. The molecule has 8 nitrogen and oxygen atoms in total. The molecule has 0 radical (unpaired) electrons. The standard InChI is InChI=1S/C21H23N3O5/c1-14(21(26)27)19(15-7-3-2-4-8-15)22-20(25)16-9-10-17(18(13-16)24(28)29)23-11-5-6-12-23/h2-4,7-10,13-14,19H,5-6,11-12H2,1H3,(H,22,25)(H,26,27). The largest absolute Gasteiger partial charge is 0.481 e. The van der Waals surface area contributed by atoms with Crippen molar-refractivity contribution < 1.29 is 19.6 Å². The number of carbonyl (C=O) groups is 2. The van der Waals surface area contributed by atoms with Crippen LogP contribution >= 0.6 is 0 Å². The molecule has 152 valence electrons. The Morgan fingerprint density at radius 2 is 1.79 bits per heavy atom. The molecule has 2 atom stereocenters. The topological polar surface area (TPSA) is 113 Å². The predicted molar refractivity (Wildman–Crippen MR) is 108 cm³/mol. The fourth-order valence-corrected chi connectivity index (χ4v) is 3.56. The number of aliphatic carboxylic acids is 1. The van der Waals surface area contributed by atoms with Crippen molar-refractivity contribution in [3.8, 4) is 0 Å². The van der Waals surface area contributed by atoms with Gasteiger partial charge in [-0.3, -0.25) is 19.7 Å². The van der Waals surface area contributed by atoms with Crippen molar-refractivity contribution in [1.29, 1.82) is 0 Å². The maximum absolute atomic E-state index is 12.8. The minimum Gasteiger partial charge on any atom is -0.481 e. The summed E-state index contributed by atoms with van der Waals surface area (Å²) in [6.07, 6.45) is 1.95. The van der Waals surface area contributed by atoms with Crippen molar-refractivity contribution in [1.82, 2.24) is 5.32 Å². The van der Waals surface area contributed by atoms with E-state index < -0.39 is 28.8 Å². The molecular weight excluding hydrogens is 374 g/mol. The Balaban J connectivity index is 1.89. The molecule has 1 heterocycles. The number of carbonyl (C=O) groups excluding carboxylic acids is 1. The Kier molecular flexibility index (Phi) is 6.11. The third-order valence-electron chi connectivity index (χ3n) is 5.22. The van der Waals surface area contributed by atoms with E-state index >= 15 is 0 Å². The third-order valence-corrected chi connectivity index (χ3v) is 5.22. The van der Waals surface area contributed by atoms with Crippen LogP contribution in [0.4, 0.5) is 11.4 Å². The van der Waals surface area contributed by atoms with Gasteiger partial charge in [-0.2, -0.15) is 0 Å². The number of anilines is 1. The van der Waals surface area contributed by atoms with Crippen LogP contribution < -0.4 is 10.2 Å². The van der Waals surface area contributed by atoms with Crippen LogP contribution in [0.3, 0.4) is 0 Å². The minimum atomic E-state index is -1.05. The molecule has 0 aliphatic carbocycles. The molecule has 0 saturated carbocycles. The molecule has 1 aliphatic rings. The third kappa shape index (κ3) is 4.53. The lowest BCUT2D eigenvalue weighted by Crippen LogP contribution is -2.35. The zero-order valence-corrected chi connectivity index (χ0v) is 16.1. The van der Waals surface area contributed by atoms with E-state index in [4.69, 9.17) is 0 Å². The molecule has 0 aromatic heterocycles. The quantitative estimate of drug-likeness (QED) is 0.547. The monoisotopic (exact) mass is 397 g/mol. The second-order valence-electron chi connectivity index (χ2n) is 7.14. The first-order valence-electron chi connectivity index (χ1n) is 9.50. The van der Waals surface area contributed by atoms with Crippen molar-refractivity contribution in [3.05, 3.63) is 69.8 Å². The Morgan fingerprint density at radius 3 is 2.38 bits per heavy atom. The normalized spacial score (nSPS) is 15.6. The Morgan fingerprint density at radius 1 is 1.14 bits per heavy atom. The number of nitro groups is 1. The molecule has 1 amide bonds. The number of rotatable bonds is 7. The minimum absolute atomic E-state index is 0.123. The molecule has 2 aromatic rings. The van der Waals surface area contributed by atoms with Crippen LogP contribution in [0.25, 0.3) is 0 Å². The van der Waals surface area contributed by atoms with Crippen LogP contribution in [0, 0.1) is 16.0 Å². The van der Waals surface area contributed by atoms with Gasteiger partial charge >= 0.3 is 5.97 Å². The average molecular weight is 397 g/mol. The second-order valence-corrected chi connectivity index (χ2v) is 7.14. The summed E-state index contributed by atoms with van der Waals surface area (Å²) in [5, 5.41) is 23.7. The van der Waals surface area contributed by atoms with Crippen LogP contribution in [0.1, 0.15) is 41.7 Å². The van der Waals surface area contributed by atoms with Gasteiger partial charge in [0.25, 0.3) is 11.6 Å². The van der Waals surface area contributed by atoms with Crippen molar-refractivity contribution in [2.75, 3.05) is 18.0 Å². The van der Waals surface area contributed by atoms with Gasteiger partial charge in [0.2, 0.25) is 0 Å². The number of benzene rings is 2. The number of carboxylic acids is 1. The van der Waals surface area contributed by atoms with E-state index in [1.807, 2.05) is 4.90 Å². The van der Waals surface area contributed by atoms with Gasteiger partial charge in [-0.15, -0.1) is 0 Å². The molecule has 1 aliphatic heterocycles. The maximum Gasteiger partial charge on any atom is 0.308 e. The fourth-order valence-electron chi connectivity index (χ4n) is 3.56. The predicted octanol–water partition coefficient (Wildman–Crippen LogP) is 3.39. The van der Waals surface area contributed by atoms with Gasteiger partial charge in [-0.25, -0.2) is 0 Å². The zero-order chi connectivity index (χ0) is 21.0. The van der Waals surface area contributed by atoms with Crippen LogP contribution in [-0.4, -0.2) is 35.0 Å². The Bertz CT molecular complexity index is 910. The fraction of sp³-hybridized carbons (Fsp3) is 0.333. The van der Waals surface area contributed by atoms with Crippen molar-refractivity contribution in [3.63, 3.8) is 0 Å². The van der Waals surface area contributed by atoms with Gasteiger partial charge in [-0.1, -0.05) is 30.3 Å². The van der Waals surface area contributed by atoms with Crippen molar-refractivity contribution in [2.24, 2.45) is 5.92 Å². The van der Waals surface area contributed by atoms with Crippen LogP contribution in [0.5, 0.6) is 0 Å². The summed E-state index contributed by atoms with van der Waals surface area (Å²) < 4.78 is 0. The highest BCUT2D eigenvalue weighted by atomic mass is 16.6. The molecule has 0 spiro atoms. The maximum atomic E-state index is 12.8. The first kappa shape index (κ1) is 20.3. The van der Waals surface area contributed by atoms with Crippen LogP contribution in [-0.2, 0) is 4.79 Å². The first-order valence-corrected chi connectivity index (χ1v) is 9.50. The lowest BCUT2D eigenvalue weighted by atomic mass is 9.94. The van der Waals surface area contributed by atoms with Gasteiger partial charge in [-0.05, 0) is 37.5 Å². The molecule has 1 saturated heterocycles. The number of hydrogen-bond acceptors (Lipinski definition) is 5. The average Bonchev–Trinajstić information content (AvgIpc) is 3.26. The van der Waals surface area contributed by atoms with Gasteiger partial charge in [0, 0.05) is 24.7 Å². The van der Waals surface area contributed by atoms with E-state index in [0.717, 1.165) is 25.9 Å². The van der Waals surface area contributed by atoms with E-state index in [2.05, 4.69) is 5.32 Å². The highest BCUT2D eigenvalue weighted by Gasteiger charge is 2.29. The van der Waals surface area contributed by atoms with Gasteiger partial charge in [0.05, 0.1) is 16.9 Å². The van der Waals surface area contributed by atoms with Crippen molar-refractivity contribution in [2.45, 2.75) is 25.8 Å². The van der Waals surface area contributed by atoms with E-state index in [1.54, 1.807) is 42.5 Å². The summed E-state index contributed by atoms with van der Waals surface area (Å²) in [4.78, 5) is 37.4. The van der Waals surface area contributed by atoms with E-state index in [-0.39, 0.29) is 11.3 Å². The van der Waals surface area contributed by atoms with E-state index in [1.165, 1.54) is 13.0 Å². The molecule has 8 heteroatoms. The van der Waals surface area contributed by atoms with Crippen LogP contribution in [0.2, 0.25) is 0 Å². The SMILES string of the molecule is CC(C(=O)O)C(NC(=O)c1ccc(N2CCCC2)c([N+](=O)[O-])c1)c1ccccc1. The molecule has 2 unspecified atom stereocenters. The summed E-state index contributed by atoms with van der Waals surface area (Å²) in [6.45, 7) is 3.01. The van der Waals surface area contributed by atoms with Crippen molar-refractivity contribution >= 4 is 23.3 Å². The van der Waals surface area contributed by atoms with Gasteiger partial charge in [0.15, 0.2) is 0 Å². The molecule has 1 fully saturated rings. The molecule has 3 rings (SSSR count). The summed E-state index contributed by atoms with van der Waals surface area (Å²) in [5.74, 6) is -2.47. The summed E-state index contributed by atoms with van der Waals surface area (Å²) in [5.41, 5.74) is 1.15. The lowest BCUT2D eigenvalue weighted by molar-refractivity contribution is -0.384. The number of nitrogens with zero attached hydrogens (tertiary/aromatic N) is 2. The highest BCUT2D eigenvalue weighted by molar-refractivity contribution is 5.96. The highest BCUT2D eigenvalue weighted by Crippen LogP contribution is 2.32. The van der Waals surface area contributed by atoms with Gasteiger partial charge < -0.3 is 15.3 Å². The van der Waals surface area contributed by atoms with E-state index in [0.29, 0.717) is 11.3 Å². The molecule has 2 N–H and O–H groups in total. The number of nitrogens with one attached hydrogen (secondary N) is 1. The van der Waals surface area contributed by atoms with Crippen LogP contribution in [0.15, 0.2) is 48.5 Å². The van der Waals surface area contributed by atoms with Gasteiger partial charge in [0.1, 0.15) is 5.69 Å². The van der Waals surface area contributed by atoms with E-state index in [9.17, 15) is 24.8 Å². The number of amides is 1. The number of carboxylic acid groups (broad SMARTS) is 1. The molecule has 29 heavy (non-hydrogen) atoms. The lowest BCUT2D eigenvalue weighted by Gasteiger charge is -2.23. The molecular formula is C21H23N3O5. The summed E-state index contributed by atoms with van der Waals surface area (Å²) in [7, 11) is 0. The molecule has 0 bridgehead atoms. The Hall–Kier alpha value is -3.42. The summed E-state index contributed by atoms with van der Waals surface area (Å²) in [6, 6.07) is 12.4. The molecule has 2 aromatic carbocycles. The number of nitro benzene ring substituents is 1.